The minimum absolute atomic E-state index is 0.0857. The van der Waals surface area contributed by atoms with Crippen LogP contribution >= 0.6 is 0 Å². The van der Waals surface area contributed by atoms with E-state index in [1.165, 1.54) is 17.1 Å². The van der Waals surface area contributed by atoms with E-state index in [9.17, 15) is 18.0 Å². The number of rotatable bonds is 3. The molecule has 4 rings (SSSR count). The molecular formula is C18H14F3N5O2. The molecule has 2 N–H and O–H groups in total. The number of aryl methyl sites for hydroxylation is 1. The van der Waals surface area contributed by atoms with Gasteiger partial charge in [-0.2, -0.15) is 18.3 Å². The van der Waals surface area contributed by atoms with Crippen molar-refractivity contribution < 1.29 is 22.7 Å². The third kappa shape index (κ3) is 3.36. The third-order valence-electron chi connectivity index (χ3n) is 4.21. The highest BCUT2D eigenvalue weighted by atomic mass is 19.4. The molecular weight excluding hydrogens is 375 g/mol. The number of nitrogens with one attached hydrogen (secondary N) is 2. The molecule has 3 aromatic rings. The Kier molecular flexibility index (Phi) is 4.17. The third-order valence-corrected chi connectivity index (χ3v) is 4.21. The van der Waals surface area contributed by atoms with Crippen molar-refractivity contribution in [2.45, 2.75) is 12.7 Å². The SMILES string of the molecule is Cn1ncnc1C(=O)NCc1ccc2c(c1)Oc1cc(C(F)(F)F)ccc1N2. The monoisotopic (exact) mass is 389 g/mol. The summed E-state index contributed by atoms with van der Waals surface area (Å²) in [5.74, 6) is 0.237. The number of halogens is 3. The van der Waals surface area contributed by atoms with E-state index in [0.29, 0.717) is 22.7 Å². The summed E-state index contributed by atoms with van der Waals surface area (Å²) in [5, 5.41) is 9.58. The summed E-state index contributed by atoms with van der Waals surface area (Å²) in [7, 11) is 1.60. The highest BCUT2D eigenvalue weighted by molar-refractivity contribution is 5.90. The Balaban J connectivity index is 1.51. The van der Waals surface area contributed by atoms with Crippen LogP contribution in [0.25, 0.3) is 0 Å². The fourth-order valence-corrected chi connectivity index (χ4v) is 2.78. The van der Waals surface area contributed by atoms with E-state index < -0.39 is 17.6 Å². The number of fused-ring (bicyclic) bond motifs is 2. The van der Waals surface area contributed by atoms with Gasteiger partial charge in [0.25, 0.3) is 5.91 Å². The molecule has 1 amide bonds. The van der Waals surface area contributed by atoms with Crippen molar-refractivity contribution in [2.24, 2.45) is 7.05 Å². The van der Waals surface area contributed by atoms with Gasteiger partial charge >= 0.3 is 6.18 Å². The van der Waals surface area contributed by atoms with Crippen molar-refractivity contribution in [3.8, 4) is 11.5 Å². The van der Waals surface area contributed by atoms with Gasteiger partial charge in [-0.15, -0.1) is 0 Å². The first kappa shape index (κ1) is 17.8. The molecule has 0 fully saturated rings. The molecule has 1 aromatic heterocycles. The molecule has 0 aliphatic carbocycles. The maximum Gasteiger partial charge on any atom is 0.416 e. The van der Waals surface area contributed by atoms with Crippen LogP contribution in [-0.2, 0) is 19.8 Å². The lowest BCUT2D eigenvalue weighted by Gasteiger charge is -2.23. The quantitative estimate of drug-likeness (QED) is 0.560. The number of hydrogen-bond acceptors (Lipinski definition) is 5. The van der Waals surface area contributed by atoms with Gasteiger partial charge in [0, 0.05) is 13.6 Å². The maximum absolute atomic E-state index is 12.9. The first-order valence-electron chi connectivity index (χ1n) is 8.22. The van der Waals surface area contributed by atoms with Crippen LogP contribution in [0.4, 0.5) is 24.5 Å². The Morgan fingerprint density at radius 3 is 2.57 bits per heavy atom. The molecule has 10 heteroatoms. The van der Waals surface area contributed by atoms with Crippen LogP contribution in [0.5, 0.6) is 11.5 Å². The fraction of sp³-hybridized carbons (Fsp3) is 0.167. The van der Waals surface area contributed by atoms with Crippen LogP contribution < -0.4 is 15.4 Å². The second kappa shape index (κ2) is 6.55. The average molecular weight is 389 g/mol. The normalized spacial score (nSPS) is 12.4. The standard InChI is InChI=1S/C18H14F3N5O2/c1-26-16(23-9-24-26)17(27)22-8-10-2-4-12-14(6-10)28-15-7-11(18(19,20)21)3-5-13(15)25-12/h2-7,9,25H,8H2,1H3,(H,22,27). The summed E-state index contributed by atoms with van der Waals surface area (Å²) in [6.07, 6.45) is -3.18. The molecule has 7 nitrogen and oxygen atoms in total. The van der Waals surface area contributed by atoms with Gasteiger partial charge in [0.05, 0.1) is 16.9 Å². The number of amides is 1. The molecule has 0 atom stereocenters. The zero-order valence-electron chi connectivity index (χ0n) is 14.5. The topological polar surface area (TPSA) is 81.1 Å². The molecule has 1 aliphatic heterocycles. The van der Waals surface area contributed by atoms with Crippen molar-refractivity contribution in [3.05, 3.63) is 59.7 Å². The lowest BCUT2D eigenvalue weighted by molar-refractivity contribution is -0.137. The average Bonchev–Trinajstić information content (AvgIpc) is 3.09. The summed E-state index contributed by atoms with van der Waals surface area (Å²) < 4.78 is 45.7. The predicted octanol–water partition coefficient (Wildman–Crippen LogP) is 3.61. The number of anilines is 2. The second-order valence-corrected chi connectivity index (χ2v) is 6.16. The van der Waals surface area contributed by atoms with E-state index in [1.807, 2.05) is 0 Å². The van der Waals surface area contributed by atoms with Gasteiger partial charge in [0.1, 0.15) is 6.33 Å². The number of carbonyl (C=O) groups is 1. The van der Waals surface area contributed by atoms with Gasteiger partial charge in [-0.05, 0) is 35.9 Å². The van der Waals surface area contributed by atoms with Gasteiger partial charge in [-0.1, -0.05) is 6.07 Å². The number of carbonyl (C=O) groups excluding carboxylic acids is 1. The molecule has 0 bridgehead atoms. The summed E-state index contributed by atoms with van der Waals surface area (Å²) in [5.41, 5.74) is 0.995. The molecule has 144 valence electrons. The molecule has 2 aromatic carbocycles. The molecule has 0 saturated heterocycles. The number of benzene rings is 2. The van der Waals surface area contributed by atoms with Gasteiger partial charge < -0.3 is 15.4 Å². The Morgan fingerprint density at radius 2 is 1.89 bits per heavy atom. The number of alkyl halides is 3. The molecule has 0 radical (unpaired) electrons. The Bertz CT molecular complexity index is 1060. The van der Waals surface area contributed by atoms with Gasteiger partial charge in [0.2, 0.25) is 5.82 Å². The van der Waals surface area contributed by atoms with E-state index in [1.54, 1.807) is 25.2 Å². The molecule has 1 aliphatic rings. The van der Waals surface area contributed by atoms with Crippen LogP contribution in [0.15, 0.2) is 42.7 Å². The van der Waals surface area contributed by atoms with Crippen molar-refractivity contribution >= 4 is 17.3 Å². The van der Waals surface area contributed by atoms with Gasteiger partial charge in [-0.25, -0.2) is 9.67 Å². The van der Waals surface area contributed by atoms with E-state index >= 15 is 0 Å². The van der Waals surface area contributed by atoms with E-state index in [2.05, 4.69) is 20.7 Å². The zero-order valence-corrected chi connectivity index (χ0v) is 14.5. The smallest absolute Gasteiger partial charge is 0.416 e. The van der Waals surface area contributed by atoms with Crippen LogP contribution in [0.1, 0.15) is 21.7 Å². The molecule has 0 saturated carbocycles. The number of aromatic nitrogens is 3. The minimum Gasteiger partial charge on any atom is -0.453 e. The number of hydrogen-bond donors (Lipinski definition) is 2. The number of nitrogens with zero attached hydrogens (tertiary/aromatic N) is 3. The molecule has 2 heterocycles. The van der Waals surface area contributed by atoms with Crippen LogP contribution in [0, 0.1) is 0 Å². The minimum atomic E-state index is -4.45. The van der Waals surface area contributed by atoms with Gasteiger partial charge in [-0.3, -0.25) is 4.79 Å². The van der Waals surface area contributed by atoms with Crippen LogP contribution in [-0.4, -0.2) is 20.7 Å². The lowest BCUT2D eigenvalue weighted by atomic mass is 10.1. The van der Waals surface area contributed by atoms with Crippen molar-refractivity contribution in [3.63, 3.8) is 0 Å². The van der Waals surface area contributed by atoms with Crippen LogP contribution in [0.2, 0.25) is 0 Å². The maximum atomic E-state index is 12.9. The molecule has 0 spiro atoms. The second-order valence-electron chi connectivity index (χ2n) is 6.16. The Hall–Kier alpha value is -3.56. The highest BCUT2D eigenvalue weighted by Gasteiger charge is 2.32. The van der Waals surface area contributed by atoms with Crippen molar-refractivity contribution in [1.29, 1.82) is 0 Å². The first-order chi connectivity index (χ1) is 13.3. The fourth-order valence-electron chi connectivity index (χ4n) is 2.78. The van der Waals surface area contributed by atoms with Crippen molar-refractivity contribution in [2.75, 3.05) is 5.32 Å². The Labute approximate surface area is 157 Å². The first-order valence-corrected chi connectivity index (χ1v) is 8.22. The lowest BCUT2D eigenvalue weighted by Crippen LogP contribution is -2.26. The van der Waals surface area contributed by atoms with E-state index in [0.717, 1.165) is 12.1 Å². The predicted molar refractivity (Wildman–Crippen MR) is 93.4 cm³/mol. The number of ether oxygens (including phenoxy) is 1. The highest BCUT2D eigenvalue weighted by Crippen LogP contribution is 2.44. The summed E-state index contributed by atoms with van der Waals surface area (Å²) in [6, 6.07) is 8.45. The van der Waals surface area contributed by atoms with Crippen LogP contribution in [0.3, 0.4) is 0 Å². The van der Waals surface area contributed by atoms with E-state index in [-0.39, 0.29) is 18.1 Å². The Morgan fingerprint density at radius 1 is 1.18 bits per heavy atom. The summed E-state index contributed by atoms with van der Waals surface area (Å²) >= 11 is 0. The molecule has 28 heavy (non-hydrogen) atoms. The summed E-state index contributed by atoms with van der Waals surface area (Å²) in [6.45, 7) is 0.192. The summed E-state index contributed by atoms with van der Waals surface area (Å²) in [4.78, 5) is 16.0. The molecule has 0 unspecified atom stereocenters. The van der Waals surface area contributed by atoms with Gasteiger partial charge in [0.15, 0.2) is 11.5 Å². The largest absolute Gasteiger partial charge is 0.453 e. The van der Waals surface area contributed by atoms with E-state index in [4.69, 9.17) is 4.74 Å². The zero-order chi connectivity index (χ0) is 19.9. The van der Waals surface area contributed by atoms with Crippen molar-refractivity contribution in [1.82, 2.24) is 20.1 Å².